The maximum atomic E-state index is 12.1. The zero-order valence-corrected chi connectivity index (χ0v) is 12.1. The highest BCUT2D eigenvalue weighted by molar-refractivity contribution is 5.81. The van der Waals surface area contributed by atoms with E-state index in [1.807, 2.05) is 13.8 Å². The second kappa shape index (κ2) is 6.50. The SMILES string of the molecule is CCC(O)(CC)CN1CCNCC1C(=O)N(C)C. The Kier molecular flexibility index (Phi) is 5.56. The van der Waals surface area contributed by atoms with Crippen molar-refractivity contribution in [2.45, 2.75) is 38.3 Å². The van der Waals surface area contributed by atoms with Gasteiger partial charge in [-0.2, -0.15) is 0 Å². The fourth-order valence-electron chi connectivity index (χ4n) is 2.33. The molecule has 0 aliphatic carbocycles. The Morgan fingerprint density at radius 1 is 1.44 bits per heavy atom. The van der Waals surface area contributed by atoms with Crippen LogP contribution in [-0.4, -0.2) is 72.7 Å². The molecular weight excluding hydrogens is 230 g/mol. The maximum absolute atomic E-state index is 12.1. The molecule has 1 rings (SSSR count). The van der Waals surface area contributed by atoms with Gasteiger partial charge in [-0.15, -0.1) is 0 Å². The number of amides is 1. The lowest BCUT2D eigenvalue weighted by molar-refractivity contribution is -0.136. The number of nitrogens with zero attached hydrogens (tertiary/aromatic N) is 2. The van der Waals surface area contributed by atoms with Gasteiger partial charge in [0.25, 0.3) is 0 Å². The molecule has 0 aromatic rings. The third-order valence-corrected chi connectivity index (χ3v) is 3.89. The highest BCUT2D eigenvalue weighted by Gasteiger charge is 2.34. The zero-order valence-electron chi connectivity index (χ0n) is 12.1. The maximum Gasteiger partial charge on any atom is 0.240 e. The number of nitrogens with one attached hydrogen (secondary N) is 1. The number of hydrogen-bond acceptors (Lipinski definition) is 4. The Morgan fingerprint density at radius 2 is 2.06 bits per heavy atom. The lowest BCUT2D eigenvalue weighted by Gasteiger charge is -2.40. The summed E-state index contributed by atoms with van der Waals surface area (Å²) in [5.74, 6) is 0.108. The van der Waals surface area contributed by atoms with E-state index >= 15 is 0 Å². The third kappa shape index (κ3) is 3.67. The van der Waals surface area contributed by atoms with Crippen LogP contribution >= 0.6 is 0 Å². The van der Waals surface area contributed by atoms with Gasteiger partial charge in [0.1, 0.15) is 6.04 Å². The molecular formula is C13H27N3O2. The summed E-state index contributed by atoms with van der Waals surface area (Å²) in [6, 6.07) is -0.154. The van der Waals surface area contributed by atoms with Gasteiger partial charge in [-0.25, -0.2) is 0 Å². The van der Waals surface area contributed by atoms with Gasteiger partial charge in [-0.05, 0) is 12.8 Å². The van der Waals surface area contributed by atoms with E-state index < -0.39 is 5.60 Å². The molecule has 1 saturated heterocycles. The van der Waals surface area contributed by atoms with Crippen molar-refractivity contribution in [1.82, 2.24) is 15.1 Å². The number of carbonyl (C=O) groups is 1. The first-order valence-corrected chi connectivity index (χ1v) is 6.82. The van der Waals surface area contributed by atoms with Gasteiger partial charge in [0.05, 0.1) is 5.60 Å². The summed E-state index contributed by atoms with van der Waals surface area (Å²) in [4.78, 5) is 15.9. The molecule has 0 aromatic carbocycles. The fourth-order valence-corrected chi connectivity index (χ4v) is 2.33. The molecule has 1 atom stereocenters. The molecule has 0 saturated carbocycles. The van der Waals surface area contributed by atoms with Crippen LogP contribution in [0.4, 0.5) is 0 Å². The molecule has 1 heterocycles. The predicted molar refractivity (Wildman–Crippen MR) is 72.5 cm³/mol. The van der Waals surface area contributed by atoms with Crippen molar-refractivity contribution in [3.05, 3.63) is 0 Å². The van der Waals surface area contributed by atoms with Crippen molar-refractivity contribution in [3.63, 3.8) is 0 Å². The minimum absolute atomic E-state index is 0.108. The molecule has 1 unspecified atom stereocenters. The number of hydrogen-bond donors (Lipinski definition) is 2. The Morgan fingerprint density at radius 3 is 2.56 bits per heavy atom. The molecule has 0 radical (unpaired) electrons. The number of piperazine rings is 1. The minimum Gasteiger partial charge on any atom is -0.389 e. The van der Waals surface area contributed by atoms with Crippen molar-refractivity contribution in [1.29, 1.82) is 0 Å². The number of aliphatic hydroxyl groups is 1. The van der Waals surface area contributed by atoms with Crippen LogP contribution < -0.4 is 5.32 Å². The van der Waals surface area contributed by atoms with Crippen LogP contribution in [-0.2, 0) is 4.79 Å². The summed E-state index contributed by atoms with van der Waals surface area (Å²) in [5, 5.41) is 13.7. The first-order valence-electron chi connectivity index (χ1n) is 6.82. The van der Waals surface area contributed by atoms with Crippen LogP contribution in [0.5, 0.6) is 0 Å². The Bertz CT molecular complexity index is 277. The molecule has 1 amide bonds. The Labute approximate surface area is 110 Å². The lowest BCUT2D eigenvalue weighted by Crippen LogP contribution is -2.60. The van der Waals surface area contributed by atoms with Crippen LogP contribution in [0.3, 0.4) is 0 Å². The largest absolute Gasteiger partial charge is 0.389 e. The molecule has 5 heteroatoms. The van der Waals surface area contributed by atoms with E-state index in [0.29, 0.717) is 13.1 Å². The van der Waals surface area contributed by atoms with Crippen molar-refractivity contribution < 1.29 is 9.90 Å². The normalized spacial score (nSPS) is 21.9. The van der Waals surface area contributed by atoms with E-state index in [1.54, 1.807) is 19.0 Å². The molecule has 0 bridgehead atoms. The quantitative estimate of drug-likeness (QED) is 0.722. The zero-order chi connectivity index (χ0) is 13.8. The fraction of sp³-hybridized carbons (Fsp3) is 0.923. The summed E-state index contributed by atoms with van der Waals surface area (Å²) >= 11 is 0. The summed E-state index contributed by atoms with van der Waals surface area (Å²) in [6.45, 7) is 6.92. The van der Waals surface area contributed by atoms with Crippen LogP contribution in [0.1, 0.15) is 26.7 Å². The van der Waals surface area contributed by atoms with Crippen molar-refractivity contribution in [2.24, 2.45) is 0 Å². The van der Waals surface area contributed by atoms with Gasteiger partial charge in [0, 0.05) is 40.3 Å². The van der Waals surface area contributed by atoms with Crippen LogP contribution in [0.15, 0.2) is 0 Å². The van der Waals surface area contributed by atoms with Crippen molar-refractivity contribution in [2.75, 3.05) is 40.3 Å². The summed E-state index contributed by atoms with van der Waals surface area (Å²) in [6.07, 6.45) is 1.44. The minimum atomic E-state index is -0.678. The smallest absolute Gasteiger partial charge is 0.240 e. The molecule has 2 N–H and O–H groups in total. The molecule has 0 spiro atoms. The van der Waals surface area contributed by atoms with Gasteiger partial charge >= 0.3 is 0 Å². The van der Waals surface area contributed by atoms with E-state index in [0.717, 1.165) is 25.9 Å². The Hall–Kier alpha value is -0.650. The summed E-state index contributed by atoms with van der Waals surface area (Å²) in [5.41, 5.74) is -0.678. The van der Waals surface area contributed by atoms with Crippen LogP contribution in [0, 0.1) is 0 Å². The topological polar surface area (TPSA) is 55.8 Å². The average molecular weight is 257 g/mol. The average Bonchev–Trinajstić information content (AvgIpc) is 2.38. The standard InChI is InChI=1S/C13H27N3O2/c1-5-13(18,6-2)10-16-8-7-14-9-11(16)12(17)15(3)4/h11,14,18H,5-10H2,1-4H3. The first kappa shape index (κ1) is 15.4. The van der Waals surface area contributed by atoms with E-state index in [4.69, 9.17) is 0 Å². The molecule has 0 aromatic heterocycles. The van der Waals surface area contributed by atoms with Gasteiger partial charge in [-0.3, -0.25) is 9.69 Å². The number of rotatable bonds is 5. The van der Waals surface area contributed by atoms with Crippen LogP contribution in [0.2, 0.25) is 0 Å². The van der Waals surface area contributed by atoms with E-state index in [2.05, 4.69) is 10.2 Å². The molecule has 106 valence electrons. The second-order valence-corrected chi connectivity index (χ2v) is 5.35. The van der Waals surface area contributed by atoms with Crippen LogP contribution in [0.25, 0.3) is 0 Å². The van der Waals surface area contributed by atoms with E-state index in [-0.39, 0.29) is 11.9 Å². The highest BCUT2D eigenvalue weighted by Crippen LogP contribution is 2.19. The van der Waals surface area contributed by atoms with Gasteiger partial charge < -0.3 is 15.3 Å². The van der Waals surface area contributed by atoms with Gasteiger partial charge in [0.2, 0.25) is 5.91 Å². The van der Waals surface area contributed by atoms with Crippen molar-refractivity contribution in [3.8, 4) is 0 Å². The van der Waals surface area contributed by atoms with Crippen molar-refractivity contribution >= 4 is 5.91 Å². The van der Waals surface area contributed by atoms with E-state index in [9.17, 15) is 9.90 Å². The molecule has 5 nitrogen and oxygen atoms in total. The van der Waals surface area contributed by atoms with E-state index in [1.165, 1.54) is 0 Å². The third-order valence-electron chi connectivity index (χ3n) is 3.89. The second-order valence-electron chi connectivity index (χ2n) is 5.35. The summed E-state index contributed by atoms with van der Waals surface area (Å²) in [7, 11) is 3.56. The monoisotopic (exact) mass is 257 g/mol. The number of β-amino-alcohol motifs (C(OH)–C–C–N with tert-alkyl or cyclic N) is 1. The number of carbonyl (C=O) groups excluding carboxylic acids is 1. The molecule has 1 aliphatic rings. The first-order chi connectivity index (χ1) is 8.43. The lowest BCUT2D eigenvalue weighted by atomic mass is 9.95. The number of likely N-dealkylation sites (N-methyl/N-ethyl adjacent to an activating group) is 1. The molecule has 18 heavy (non-hydrogen) atoms. The molecule has 1 aliphatic heterocycles. The Balaban J connectivity index is 2.73. The highest BCUT2D eigenvalue weighted by atomic mass is 16.3. The predicted octanol–water partition coefficient (Wildman–Crippen LogP) is -0.100. The summed E-state index contributed by atoms with van der Waals surface area (Å²) < 4.78 is 0. The van der Waals surface area contributed by atoms with Gasteiger partial charge in [-0.1, -0.05) is 13.8 Å². The molecule has 1 fully saturated rings. The van der Waals surface area contributed by atoms with Gasteiger partial charge in [0.15, 0.2) is 0 Å².